The summed E-state index contributed by atoms with van der Waals surface area (Å²) in [5, 5.41) is 4.54. The van der Waals surface area contributed by atoms with Crippen LogP contribution in [0.2, 0.25) is 0 Å². The maximum Gasteiger partial charge on any atom is 0.264 e. The summed E-state index contributed by atoms with van der Waals surface area (Å²) in [6.07, 6.45) is 1.56. The maximum atomic E-state index is 13.5. The standard InChI is InChI=1S/C25H19F2N3O3S2/c26-20-12-9-18(14-21(20)27)22-15-34-25(28-22)29-24(31)17-7-10-19(11-8-17)35(32,33)30-13-3-5-16-4-1-2-6-23(16)30/h1-2,4,6-12,14-15H,3,5,13H2,(H,28,29,31). The van der Waals surface area contributed by atoms with Crippen LogP contribution in [0, 0.1) is 11.6 Å². The van der Waals surface area contributed by atoms with E-state index >= 15 is 0 Å². The molecule has 0 atom stereocenters. The number of carbonyl (C=O) groups is 1. The van der Waals surface area contributed by atoms with Crippen LogP contribution in [0.25, 0.3) is 11.3 Å². The van der Waals surface area contributed by atoms with Crippen LogP contribution in [0.1, 0.15) is 22.3 Å². The minimum absolute atomic E-state index is 0.0978. The van der Waals surface area contributed by atoms with Crippen molar-refractivity contribution in [1.29, 1.82) is 0 Å². The van der Waals surface area contributed by atoms with Crippen LogP contribution in [0.4, 0.5) is 19.6 Å². The van der Waals surface area contributed by atoms with E-state index in [-0.39, 0.29) is 15.6 Å². The number of rotatable bonds is 5. The molecule has 5 rings (SSSR count). The van der Waals surface area contributed by atoms with Gasteiger partial charge in [0.05, 0.1) is 16.3 Å². The molecule has 178 valence electrons. The Balaban J connectivity index is 1.32. The van der Waals surface area contributed by atoms with E-state index < -0.39 is 27.6 Å². The highest BCUT2D eigenvalue weighted by Crippen LogP contribution is 2.32. The number of para-hydroxylation sites is 1. The van der Waals surface area contributed by atoms with Gasteiger partial charge in [0.1, 0.15) is 0 Å². The summed E-state index contributed by atoms with van der Waals surface area (Å²) in [7, 11) is -3.78. The number of nitrogens with zero attached hydrogens (tertiary/aromatic N) is 2. The third-order valence-corrected chi connectivity index (χ3v) is 8.30. The van der Waals surface area contributed by atoms with E-state index in [9.17, 15) is 22.0 Å². The molecule has 1 N–H and O–H groups in total. The van der Waals surface area contributed by atoms with Crippen molar-refractivity contribution >= 4 is 38.1 Å². The number of halogens is 2. The highest BCUT2D eigenvalue weighted by atomic mass is 32.2. The quantitative estimate of drug-likeness (QED) is 0.385. The Kier molecular flexibility index (Phi) is 6.08. The third-order valence-electron chi connectivity index (χ3n) is 5.71. The lowest BCUT2D eigenvalue weighted by Gasteiger charge is -2.30. The molecule has 1 aliphatic heterocycles. The summed E-state index contributed by atoms with van der Waals surface area (Å²) < 4.78 is 54.6. The molecule has 0 spiro atoms. The molecule has 4 aromatic rings. The van der Waals surface area contributed by atoms with Crippen LogP contribution >= 0.6 is 11.3 Å². The van der Waals surface area contributed by atoms with Gasteiger partial charge in [-0.1, -0.05) is 18.2 Å². The molecule has 1 aromatic heterocycles. The molecule has 0 aliphatic carbocycles. The topological polar surface area (TPSA) is 79.4 Å². The van der Waals surface area contributed by atoms with Crippen LogP contribution in [-0.4, -0.2) is 25.9 Å². The Labute approximate surface area is 204 Å². The van der Waals surface area contributed by atoms with E-state index in [2.05, 4.69) is 10.3 Å². The molecular formula is C25H19F2N3O3S2. The lowest BCUT2D eigenvalue weighted by molar-refractivity contribution is 0.102. The van der Waals surface area contributed by atoms with Gasteiger partial charge in [-0.2, -0.15) is 0 Å². The first-order chi connectivity index (χ1) is 16.8. The fourth-order valence-corrected chi connectivity index (χ4v) is 6.20. The summed E-state index contributed by atoms with van der Waals surface area (Å²) in [6, 6.07) is 16.6. The fourth-order valence-electron chi connectivity index (χ4n) is 3.94. The zero-order valence-electron chi connectivity index (χ0n) is 18.2. The number of sulfonamides is 1. The summed E-state index contributed by atoms with van der Waals surface area (Å²) in [4.78, 5) is 17.0. The van der Waals surface area contributed by atoms with Crippen molar-refractivity contribution in [2.24, 2.45) is 0 Å². The molecule has 0 radical (unpaired) electrons. The average molecular weight is 512 g/mol. The van der Waals surface area contributed by atoms with Crippen LogP contribution in [-0.2, 0) is 16.4 Å². The highest BCUT2D eigenvalue weighted by Gasteiger charge is 2.29. The number of hydrogen-bond acceptors (Lipinski definition) is 5. The van der Waals surface area contributed by atoms with Gasteiger partial charge in [-0.05, 0) is 66.9 Å². The van der Waals surface area contributed by atoms with Crippen LogP contribution < -0.4 is 9.62 Å². The lowest BCUT2D eigenvalue weighted by Crippen LogP contribution is -2.35. The second-order valence-electron chi connectivity index (χ2n) is 7.95. The van der Waals surface area contributed by atoms with Gasteiger partial charge in [0, 0.05) is 23.1 Å². The van der Waals surface area contributed by atoms with E-state index in [1.165, 1.54) is 34.6 Å². The second kappa shape index (κ2) is 9.20. The first-order valence-corrected chi connectivity index (χ1v) is 13.1. The molecule has 0 fully saturated rings. The van der Waals surface area contributed by atoms with E-state index in [0.717, 1.165) is 41.9 Å². The minimum atomic E-state index is -3.78. The SMILES string of the molecule is O=C(Nc1nc(-c2ccc(F)c(F)c2)cs1)c1ccc(S(=O)(=O)N2CCCc3ccccc32)cc1. The second-order valence-corrected chi connectivity index (χ2v) is 10.7. The predicted molar refractivity (Wildman–Crippen MR) is 131 cm³/mol. The van der Waals surface area contributed by atoms with Gasteiger partial charge in [0.25, 0.3) is 15.9 Å². The number of aryl methyl sites for hydroxylation is 1. The largest absolute Gasteiger partial charge is 0.298 e. The van der Waals surface area contributed by atoms with Crippen molar-refractivity contribution in [1.82, 2.24) is 4.98 Å². The van der Waals surface area contributed by atoms with E-state index in [1.54, 1.807) is 11.4 Å². The molecule has 0 saturated carbocycles. The third kappa shape index (κ3) is 4.54. The zero-order chi connectivity index (χ0) is 24.6. The van der Waals surface area contributed by atoms with Gasteiger partial charge in [0.15, 0.2) is 16.8 Å². The number of benzene rings is 3. The first-order valence-electron chi connectivity index (χ1n) is 10.8. The average Bonchev–Trinajstić information content (AvgIpc) is 3.33. The van der Waals surface area contributed by atoms with Crippen LogP contribution in [0.3, 0.4) is 0 Å². The summed E-state index contributed by atoms with van der Waals surface area (Å²) in [6.45, 7) is 0.395. The van der Waals surface area contributed by atoms with E-state index in [4.69, 9.17) is 0 Å². The molecule has 2 heterocycles. The number of fused-ring (bicyclic) bond motifs is 1. The van der Waals surface area contributed by atoms with Crippen molar-refractivity contribution < 1.29 is 22.0 Å². The van der Waals surface area contributed by atoms with Crippen molar-refractivity contribution in [3.8, 4) is 11.3 Å². The molecule has 35 heavy (non-hydrogen) atoms. The number of amides is 1. The van der Waals surface area contributed by atoms with E-state index in [1.807, 2.05) is 18.2 Å². The summed E-state index contributed by atoms with van der Waals surface area (Å²) >= 11 is 1.14. The number of aromatic nitrogens is 1. The normalized spacial score (nSPS) is 13.4. The van der Waals surface area contributed by atoms with Gasteiger partial charge < -0.3 is 0 Å². The predicted octanol–water partition coefficient (Wildman–Crippen LogP) is 5.48. The van der Waals surface area contributed by atoms with Gasteiger partial charge in [0.2, 0.25) is 0 Å². The Hall–Kier alpha value is -3.63. The number of nitrogens with one attached hydrogen (secondary N) is 1. The van der Waals surface area contributed by atoms with Crippen molar-refractivity contribution in [3.63, 3.8) is 0 Å². The molecule has 0 bridgehead atoms. The Morgan fingerprint density at radius 3 is 2.54 bits per heavy atom. The smallest absolute Gasteiger partial charge is 0.264 e. The van der Waals surface area contributed by atoms with Gasteiger partial charge in [-0.25, -0.2) is 22.2 Å². The zero-order valence-corrected chi connectivity index (χ0v) is 19.9. The number of anilines is 2. The molecule has 1 aliphatic rings. The van der Waals surface area contributed by atoms with Crippen molar-refractivity contribution in [2.45, 2.75) is 17.7 Å². The Morgan fingerprint density at radius 2 is 1.77 bits per heavy atom. The summed E-state index contributed by atoms with van der Waals surface area (Å²) in [5.41, 5.74) is 2.71. The molecule has 0 saturated heterocycles. The first kappa shape index (κ1) is 23.1. The fraction of sp³-hybridized carbons (Fsp3) is 0.120. The van der Waals surface area contributed by atoms with E-state index in [0.29, 0.717) is 23.5 Å². The van der Waals surface area contributed by atoms with Crippen LogP contribution in [0.5, 0.6) is 0 Å². The molecular weight excluding hydrogens is 492 g/mol. The number of hydrogen-bond donors (Lipinski definition) is 1. The monoisotopic (exact) mass is 511 g/mol. The van der Waals surface area contributed by atoms with Gasteiger partial charge in [-0.3, -0.25) is 14.4 Å². The number of carbonyl (C=O) groups excluding carboxylic acids is 1. The van der Waals surface area contributed by atoms with Crippen molar-refractivity contribution in [2.75, 3.05) is 16.2 Å². The summed E-state index contributed by atoms with van der Waals surface area (Å²) in [5.74, 6) is -2.40. The highest BCUT2D eigenvalue weighted by molar-refractivity contribution is 7.92. The molecule has 3 aromatic carbocycles. The Morgan fingerprint density at radius 1 is 1.00 bits per heavy atom. The Bertz CT molecular complexity index is 1520. The molecule has 0 unspecified atom stereocenters. The molecule has 1 amide bonds. The van der Waals surface area contributed by atoms with Crippen LogP contribution in [0.15, 0.2) is 77.0 Å². The lowest BCUT2D eigenvalue weighted by atomic mass is 10.0. The molecule has 6 nitrogen and oxygen atoms in total. The number of thiazole rings is 1. The maximum absolute atomic E-state index is 13.5. The van der Waals surface area contributed by atoms with Crippen molar-refractivity contribution in [3.05, 3.63) is 94.9 Å². The van der Waals surface area contributed by atoms with Gasteiger partial charge >= 0.3 is 0 Å². The molecule has 10 heteroatoms. The van der Waals surface area contributed by atoms with Gasteiger partial charge in [-0.15, -0.1) is 11.3 Å². The minimum Gasteiger partial charge on any atom is -0.298 e.